The summed E-state index contributed by atoms with van der Waals surface area (Å²) in [5.41, 5.74) is 2.78. The van der Waals surface area contributed by atoms with Gasteiger partial charge >= 0.3 is 0 Å². The van der Waals surface area contributed by atoms with Crippen LogP contribution in [0.1, 0.15) is 43.7 Å². The Balaban J connectivity index is 1.68. The summed E-state index contributed by atoms with van der Waals surface area (Å²) in [5.74, 6) is 0.182. The van der Waals surface area contributed by atoms with Crippen molar-refractivity contribution in [3.8, 4) is 0 Å². The molecule has 1 amide bonds. The lowest BCUT2D eigenvalue weighted by molar-refractivity contribution is -0.139. The summed E-state index contributed by atoms with van der Waals surface area (Å²) in [4.78, 5) is 15.3. The smallest absolute Gasteiger partial charge is 0.226 e. The average Bonchev–Trinajstić information content (AvgIpc) is 2.64. The fourth-order valence-corrected chi connectivity index (χ4v) is 5.20. The molecule has 1 saturated heterocycles. The highest BCUT2D eigenvalue weighted by Gasteiger charge is 2.34. The fraction of sp³-hybridized carbons (Fsp3) is 0.650. The molecule has 0 spiro atoms. The van der Waals surface area contributed by atoms with E-state index in [0.29, 0.717) is 25.9 Å². The largest absolute Gasteiger partial charge is 0.339 e. The van der Waals surface area contributed by atoms with Gasteiger partial charge in [-0.25, -0.2) is 12.7 Å². The van der Waals surface area contributed by atoms with Crippen molar-refractivity contribution >= 4 is 15.9 Å². The Hall–Kier alpha value is -1.40. The summed E-state index contributed by atoms with van der Waals surface area (Å²) in [6.45, 7) is 3.83. The second-order valence-corrected chi connectivity index (χ2v) is 9.62. The van der Waals surface area contributed by atoms with E-state index in [0.717, 1.165) is 32.2 Å². The Labute approximate surface area is 157 Å². The minimum absolute atomic E-state index is 0.0447. The molecular formula is C20H30N2O3S. The Kier molecular flexibility index (Phi) is 6.03. The molecule has 0 radical (unpaired) electrons. The quantitative estimate of drug-likeness (QED) is 0.791. The van der Waals surface area contributed by atoms with Crippen molar-refractivity contribution in [3.63, 3.8) is 0 Å². The first-order valence-corrected chi connectivity index (χ1v) is 11.6. The number of rotatable bonds is 5. The van der Waals surface area contributed by atoms with Gasteiger partial charge in [-0.2, -0.15) is 0 Å². The zero-order chi connectivity index (χ0) is 18.7. The third-order valence-electron chi connectivity index (χ3n) is 5.78. The molecule has 0 N–H and O–H groups in total. The molecule has 1 heterocycles. The van der Waals surface area contributed by atoms with Crippen LogP contribution in [0.5, 0.6) is 0 Å². The van der Waals surface area contributed by atoms with Crippen molar-refractivity contribution in [1.29, 1.82) is 0 Å². The highest BCUT2D eigenvalue weighted by atomic mass is 32.2. The number of fused-ring (bicyclic) bond motifs is 1. The van der Waals surface area contributed by atoms with Crippen molar-refractivity contribution < 1.29 is 13.2 Å². The molecule has 0 unspecified atom stereocenters. The van der Waals surface area contributed by atoms with E-state index in [4.69, 9.17) is 0 Å². The van der Waals surface area contributed by atoms with Crippen LogP contribution in [0.25, 0.3) is 0 Å². The normalized spacial score (nSPS) is 22.0. The van der Waals surface area contributed by atoms with Crippen molar-refractivity contribution in [2.45, 2.75) is 51.5 Å². The van der Waals surface area contributed by atoms with Gasteiger partial charge in [0.1, 0.15) is 0 Å². The number of sulfonamides is 1. The summed E-state index contributed by atoms with van der Waals surface area (Å²) in [7, 11) is -3.15. The first kappa shape index (κ1) is 19.4. The number of piperidine rings is 1. The summed E-state index contributed by atoms with van der Waals surface area (Å²) >= 11 is 0. The van der Waals surface area contributed by atoms with E-state index in [1.54, 1.807) is 0 Å². The standard InChI is InChI=1S/C20H30N2O3S/c1-3-12-22(19-9-8-16-6-4-5-7-18(16)15-19)20(23)17-10-13-21(14-11-17)26(2,24)25/h4-7,17,19H,3,8-15H2,1-2H3/t19-/m0/s1. The molecule has 0 aromatic heterocycles. The molecular weight excluding hydrogens is 348 g/mol. The molecule has 2 aliphatic rings. The van der Waals surface area contributed by atoms with Gasteiger partial charge in [0.25, 0.3) is 0 Å². The summed E-state index contributed by atoms with van der Waals surface area (Å²) in [5, 5.41) is 0. The molecule has 1 fully saturated rings. The van der Waals surface area contributed by atoms with Crippen LogP contribution in [-0.2, 0) is 27.7 Å². The van der Waals surface area contributed by atoms with Crippen LogP contribution in [0.15, 0.2) is 24.3 Å². The van der Waals surface area contributed by atoms with Gasteiger partial charge in [0, 0.05) is 31.6 Å². The number of carbonyl (C=O) groups is 1. The molecule has 0 saturated carbocycles. The number of amides is 1. The topological polar surface area (TPSA) is 57.7 Å². The first-order valence-electron chi connectivity index (χ1n) is 9.72. The average molecular weight is 379 g/mol. The van der Waals surface area contributed by atoms with Crippen LogP contribution in [-0.4, -0.2) is 55.5 Å². The lowest BCUT2D eigenvalue weighted by Gasteiger charge is -2.39. The van der Waals surface area contributed by atoms with Gasteiger partial charge in [0.2, 0.25) is 15.9 Å². The van der Waals surface area contributed by atoms with Crippen LogP contribution in [0, 0.1) is 5.92 Å². The maximum atomic E-state index is 13.2. The number of nitrogens with zero attached hydrogens (tertiary/aromatic N) is 2. The zero-order valence-corrected chi connectivity index (χ0v) is 16.7. The SMILES string of the molecule is CCCN(C(=O)C1CCN(S(C)(=O)=O)CC1)[C@H]1CCc2ccccc2C1. The molecule has 1 aliphatic carbocycles. The maximum Gasteiger partial charge on any atom is 0.226 e. The Morgan fingerprint density at radius 2 is 1.81 bits per heavy atom. The summed E-state index contributed by atoms with van der Waals surface area (Å²) in [6, 6.07) is 8.81. The van der Waals surface area contributed by atoms with Crippen molar-refractivity contribution in [3.05, 3.63) is 35.4 Å². The molecule has 1 aliphatic heterocycles. The van der Waals surface area contributed by atoms with E-state index in [1.807, 2.05) is 0 Å². The van der Waals surface area contributed by atoms with Gasteiger partial charge in [-0.1, -0.05) is 31.2 Å². The highest BCUT2D eigenvalue weighted by molar-refractivity contribution is 7.88. The van der Waals surface area contributed by atoms with E-state index in [-0.39, 0.29) is 17.9 Å². The van der Waals surface area contributed by atoms with E-state index in [9.17, 15) is 13.2 Å². The van der Waals surface area contributed by atoms with E-state index in [1.165, 1.54) is 21.7 Å². The number of hydrogen-bond donors (Lipinski definition) is 0. The van der Waals surface area contributed by atoms with Crippen molar-refractivity contribution in [1.82, 2.24) is 9.21 Å². The second-order valence-electron chi connectivity index (χ2n) is 7.63. The number of carbonyl (C=O) groups excluding carboxylic acids is 1. The third kappa shape index (κ3) is 4.29. The van der Waals surface area contributed by atoms with Crippen molar-refractivity contribution in [2.24, 2.45) is 5.92 Å². The van der Waals surface area contributed by atoms with Crippen LogP contribution in [0.4, 0.5) is 0 Å². The Morgan fingerprint density at radius 1 is 1.15 bits per heavy atom. The lowest BCUT2D eigenvalue weighted by atomic mass is 9.86. The summed E-state index contributed by atoms with van der Waals surface area (Å²) < 4.78 is 24.9. The molecule has 3 rings (SSSR count). The third-order valence-corrected chi connectivity index (χ3v) is 7.08. The van der Waals surface area contributed by atoms with Crippen LogP contribution >= 0.6 is 0 Å². The second kappa shape index (κ2) is 8.09. The minimum Gasteiger partial charge on any atom is -0.339 e. The van der Waals surface area contributed by atoms with Crippen LogP contribution < -0.4 is 0 Å². The molecule has 1 aromatic carbocycles. The number of hydrogen-bond acceptors (Lipinski definition) is 3. The Morgan fingerprint density at radius 3 is 2.42 bits per heavy atom. The van der Waals surface area contributed by atoms with E-state index < -0.39 is 10.0 Å². The predicted octanol–water partition coefficient (Wildman–Crippen LogP) is 2.45. The van der Waals surface area contributed by atoms with Gasteiger partial charge in [-0.3, -0.25) is 4.79 Å². The monoisotopic (exact) mass is 378 g/mol. The minimum atomic E-state index is -3.15. The molecule has 1 aromatic rings. The molecule has 26 heavy (non-hydrogen) atoms. The molecule has 1 atom stereocenters. The van der Waals surface area contributed by atoms with Crippen LogP contribution in [0.2, 0.25) is 0 Å². The highest BCUT2D eigenvalue weighted by Crippen LogP contribution is 2.28. The number of benzene rings is 1. The lowest BCUT2D eigenvalue weighted by Crippen LogP contribution is -2.49. The predicted molar refractivity (Wildman–Crippen MR) is 103 cm³/mol. The molecule has 0 bridgehead atoms. The van der Waals surface area contributed by atoms with Crippen molar-refractivity contribution in [2.75, 3.05) is 25.9 Å². The van der Waals surface area contributed by atoms with Crippen LogP contribution in [0.3, 0.4) is 0 Å². The van der Waals surface area contributed by atoms with E-state index in [2.05, 4.69) is 36.1 Å². The molecule has 5 nitrogen and oxygen atoms in total. The van der Waals surface area contributed by atoms with Gasteiger partial charge in [0.15, 0.2) is 0 Å². The zero-order valence-electron chi connectivity index (χ0n) is 15.9. The van der Waals surface area contributed by atoms with E-state index >= 15 is 0 Å². The Bertz CT molecular complexity index is 739. The van der Waals surface area contributed by atoms with Gasteiger partial charge in [-0.05, 0) is 49.7 Å². The maximum absolute atomic E-state index is 13.2. The molecule has 6 heteroatoms. The molecule has 144 valence electrons. The first-order chi connectivity index (χ1) is 12.4. The van der Waals surface area contributed by atoms with Gasteiger partial charge in [0.05, 0.1) is 6.26 Å². The number of aryl methyl sites for hydroxylation is 1. The van der Waals surface area contributed by atoms with Gasteiger partial charge < -0.3 is 4.90 Å². The summed E-state index contributed by atoms with van der Waals surface area (Å²) in [6.07, 6.45) is 6.45. The fourth-order valence-electron chi connectivity index (χ4n) is 4.33. The van der Waals surface area contributed by atoms with Gasteiger partial charge in [-0.15, -0.1) is 0 Å².